The average Bonchev–Trinajstić information content (AvgIpc) is 2.36. The molecule has 1 aromatic rings. The van der Waals surface area contributed by atoms with Crippen LogP contribution in [-0.2, 0) is 4.79 Å². The van der Waals surface area contributed by atoms with Crippen molar-refractivity contribution in [3.8, 4) is 6.07 Å². The van der Waals surface area contributed by atoms with Crippen LogP contribution in [0, 0.1) is 11.3 Å². The maximum atomic E-state index is 11.7. The van der Waals surface area contributed by atoms with E-state index in [4.69, 9.17) is 5.26 Å². The lowest BCUT2D eigenvalue weighted by molar-refractivity contribution is -0.117. The highest BCUT2D eigenvalue weighted by Crippen LogP contribution is 2.08. The molecule has 1 N–H and O–H groups in total. The van der Waals surface area contributed by atoms with Crippen LogP contribution >= 0.6 is 0 Å². The van der Waals surface area contributed by atoms with Crippen LogP contribution in [0.3, 0.4) is 0 Å². The third kappa shape index (κ3) is 4.42. The zero-order valence-corrected chi connectivity index (χ0v) is 11.0. The Hall–Kier alpha value is -2.08. The summed E-state index contributed by atoms with van der Waals surface area (Å²) in [6, 6.07) is 9.20. The van der Waals surface area contributed by atoms with Crippen LogP contribution in [0.5, 0.6) is 0 Å². The molecule has 3 heteroatoms. The number of nitrogens with one attached hydrogen (secondary N) is 1. The highest BCUT2D eigenvalue weighted by atomic mass is 16.1. The summed E-state index contributed by atoms with van der Waals surface area (Å²) in [5.41, 5.74) is 1.24. The summed E-state index contributed by atoms with van der Waals surface area (Å²) in [5, 5.41) is 11.7. The standard InChI is InChI=1S/C15H18N2O/c1-4-15(2,3)17-14(18)9-8-12-6-5-7-13(10-12)11-16/h5-10H,4H2,1-3H3,(H,17,18)/b9-8+. The van der Waals surface area contributed by atoms with Crippen molar-refractivity contribution < 1.29 is 4.79 Å². The minimum Gasteiger partial charge on any atom is -0.348 e. The number of nitrogens with zero attached hydrogens (tertiary/aromatic N) is 1. The molecule has 0 fully saturated rings. The average molecular weight is 242 g/mol. The van der Waals surface area contributed by atoms with Crippen LogP contribution in [0.1, 0.15) is 38.3 Å². The van der Waals surface area contributed by atoms with Gasteiger partial charge in [-0.1, -0.05) is 19.1 Å². The summed E-state index contributed by atoms with van der Waals surface area (Å²) in [7, 11) is 0. The van der Waals surface area contributed by atoms with Gasteiger partial charge in [-0.25, -0.2) is 0 Å². The second kappa shape index (κ2) is 6.02. The first kappa shape index (κ1) is 14.0. The zero-order valence-electron chi connectivity index (χ0n) is 11.0. The molecule has 0 aliphatic heterocycles. The highest BCUT2D eigenvalue weighted by molar-refractivity contribution is 5.92. The van der Waals surface area contributed by atoms with Crippen molar-refractivity contribution in [2.24, 2.45) is 0 Å². The van der Waals surface area contributed by atoms with Crippen molar-refractivity contribution in [3.63, 3.8) is 0 Å². The first-order chi connectivity index (χ1) is 8.46. The fraction of sp³-hybridized carbons (Fsp3) is 0.333. The van der Waals surface area contributed by atoms with Gasteiger partial charge in [0.2, 0.25) is 5.91 Å². The van der Waals surface area contributed by atoms with Gasteiger partial charge in [0.25, 0.3) is 0 Å². The molecule has 0 atom stereocenters. The van der Waals surface area contributed by atoms with Crippen LogP contribution in [-0.4, -0.2) is 11.4 Å². The Morgan fingerprint density at radius 2 is 2.22 bits per heavy atom. The van der Waals surface area contributed by atoms with E-state index in [9.17, 15) is 4.79 Å². The lowest BCUT2D eigenvalue weighted by Crippen LogP contribution is -2.41. The predicted molar refractivity (Wildman–Crippen MR) is 72.7 cm³/mol. The minimum atomic E-state index is -0.198. The lowest BCUT2D eigenvalue weighted by Gasteiger charge is -2.23. The van der Waals surface area contributed by atoms with E-state index in [1.807, 2.05) is 26.8 Å². The molecule has 0 heterocycles. The van der Waals surface area contributed by atoms with Crippen LogP contribution in [0.2, 0.25) is 0 Å². The largest absolute Gasteiger partial charge is 0.348 e. The Labute approximate surface area is 108 Å². The number of benzene rings is 1. The molecule has 0 bridgehead atoms. The van der Waals surface area contributed by atoms with E-state index in [0.717, 1.165) is 12.0 Å². The summed E-state index contributed by atoms with van der Waals surface area (Å²) < 4.78 is 0. The molecule has 0 aliphatic carbocycles. The van der Waals surface area contributed by atoms with Crippen molar-refractivity contribution >= 4 is 12.0 Å². The van der Waals surface area contributed by atoms with Crippen LogP contribution < -0.4 is 5.32 Å². The highest BCUT2D eigenvalue weighted by Gasteiger charge is 2.15. The van der Waals surface area contributed by atoms with Crippen LogP contribution in [0.4, 0.5) is 0 Å². The maximum absolute atomic E-state index is 11.7. The SMILES string of the molecule is CCC(C)(C)NC(=O)/C=C/c1cccc(C#N)c1. The number of carbonyl (C=O) groups excluding carboxylic acids is 1. The molecular formula is C15H18N2O. The van der Waals surface area contributed by atoms with E-state index in [-0.39, 0.29) is 11.4 Å². The Balaban J connectivity index is 2.69. The summed E-state index contributed by atoms with van der Waals surface area (Å²) in [5.74, 6) is -0.121. The molecule has 94 valence electrons. The quantitative estimate of drug-likeness (QED) is 0.825. The fourth-order valence-corrected chi connectivity index (χ4v) is 1.35. The number of amides is 1. The molecule has 18 heavy (non-hydrogen) atoms. The summed E-state index contributed by atoms with van der Waals surface area (Å²) in [6.45, 7) is 5.99. The van der Waals surface area contributed by atoms with E-state index in [1.165, 1.54) is 6.08 Å². The number of rotatable bonds is 4. The van der Waals surface area contributed by atoms with Crippen LogP contribution in [0.15, 0.2) is 30.3 Å². The fourth-order valence-electron chi connectivity index (χ4n) is 1.35. The first-order valence-electron chi connectivity index (χ1n) is 5.97. The van der Waals surface area contributed by atoms with E-state index in [1.54, 1.807) is 24.3 Å². The van der Waals surface area contributed by atoms with Crippen molar-refractivity contribution in [2.75, 3.05) is 0 Å². The third-order valence-corrected chi connectivity index (χ3v) is 2.79. The van der Waals surface area contributed by atoms with Gasteiger partial charge in [0.15, 0.2) is 0 Å². The Kier molecular flexibility index (Phi) is 4.67. The molecule has 0 radical (unpaired) electrons. The summed E-state index contributed by atoms with van der Waals surface area (Å²) in [4.78, 5) is 11.7. The molecule has 0 unspecified atom stereocenters. The van der Waals surface area contributed by atoms with Gasteiger partial charge in [-0.15, -0.1) is 0 Å². The predicted octanol–water partition coefficient (Wildman–Crippen LogP) is 2.88. The monoisotopic (exact) mass is 242 g/mol. The molecule has 0 aromatic heterocycles. The van der Waals surface area contributed by atoms with Gasteiger partial charge in [0.05, 0.1) is 11.6 Å². The van der Waals surface area contributed by atoms with Gasteiger partial charge in [-0.05, 0) is 44.0 Å². The van der Waals surface area contributed by atoms with Crippen molar-refractivity contribution in [1.82, 2.24) is 5.32 Å². The Morgan fingerprint density at radius 3 is 2.83 bits per heavy atom. The topological polar surface area (TPSA) is 52.9 Å². The Morgan fingerprint density at radius 1 is 1.50 bits per heavy atom. The van der Waals surface area contributed by atoms with Gasteiger partial charge >= 0.3 is 0 Å². The van der Waals surface area contributed by atoms with Gasteiger partial charge in [0.1, 0.15) is 0 Å². The second-order valence-corrected chi connectivity index (χ2v) is 4.80. The van der Waals surface area contributed by atoms with E-state index in [2.05, 4.69) is 11.4 Å². The zero-order chi connectivity index (χ0) is 13.6. The molecule has 1 amide bonds. The number of nitriles is 1. The number of hydrogen-bond acceptors (Lipinski definition) is 2. The normalized spacial score (nSPS) is 11.2. The van der Waals surface area contributed by atoms with E-state index < -0.39 is 0 Å². The minimum absolute atomic E-state index is 0.121. The van der Waals surface area contributed by atoms with Crippen molar-refractivity contribution in [2.45, 2.75) is 32.7 Å². The first-order valence-corrected chi connectivity index (χ1v) is 5.97. The molecule has 3 nitrogen and oxygen atoms in total. The number of hydrogen-bond donors (Lipinski definition) is 1. The molecule has 1 rings (SSSR count). The summed E-state index contributed by atoms with van der Waals surface area (Å²) >= 11 is 0. The summed E-state index contributed by atoms with van der Waals surface area (Å²) in [6.07, 6.45) is 4.08. The lowest BCUT2D eigenvalue weighted by atomic mass is 10.0. The van der Waals surface area contributed by atoms with Gasteiger partial charge in [-0.2, -0.15) is 5.26 Å². The van der Waals surface area contributed by atoms with E-state index >= 15 is 0 Å². The van der Waals surface area contributed by atoms with Gasteiger partial charge < -0.3 is 5.32 Å². The Bertz CT molecular complexity index is 495. The van der Waals surface area contributed by atoms with Crippen molar-refractivity contribution in [3.05, 3.63) is 41.5 Å². The second-order valence-electron chi connectivity index (χ2n) is 4.80. The molecule has 0 saturated heterocycles. The van der Waals surface area contributed by atoms with Crippen molar-refractivity contribution in [1.29, 1.82) is 5.26 Å². The molecule has 0 saturated carbocycles. The molecule has 0 aliphatic rings. The number of carbonyl (C=O) groups is 1. The molecule has 0 spiro atoms. The van der Waals surface area contributed by atoms with Gasteiger partial charge in [0, 0.05) is 11.6 Å². The van der Waals surface area contributed by atoms with E-state index in [0.29, 0.717) is 5.56 Å². The van der Waals surface area contributed by atoms with Crippen LogP contribution in [0.25, 0.3) is 6.08 Å². The van der Waals surface area contributed by atoms with Gasteiger partial charge in [-0.3, -0.25) is 4.79 Å². The maximum Gasteiger partial charge on any atom is 0.244 e. The smallest absolute Gasteiger partial charge is 0.244 e. The molecule has 1 aromatic carbocycles. The third-order valence-electron chi connectivity index (χ3n) is 2.79. The molecular weight excluding hydrogens is 224 g/mol.